The van der Waals surface area contributed by atoms with E-state index in [4.69, 9.17) is 33.5 Å². The van der Waals surface area contributed by atoms with Gasteiger partial charge >= 0.3 is 17.9 Å². The van der Waals surface area contributed by atoms with Crippen molar-refractivity contribution in [3.05, 3.63) is 0 Å². The lowest BCUT2D eigenvalue weighted by atomic mass is 9.96. The van der Waals surface area contributed by atoms with Crippen molar-refractivity contribution in [1.82, 2.24) is 10.6 Å². The molecule has 14 nitrogen and oxygen atoms in total. The minimum Gasteiger partial charge on any atom is -0.463 e. The molecule has 0 aromatic heterocycles. The topological polar surface area (TPSA) is 185 Å². The third-order valence-electron chi connectivity index (χ3n) is 4.96. The highest BCUT2D eigenvalue weighted by atomic mass is 16.7. The second-order valence-corrected chi connectivity index (χ2v) is 8.23. The van der Waals surface area contributed by atoms with Gasteiger partial charge in [-0.25, -0.2) is 0 Å². The third-order valence-corrected chi connectivity index (χ3v) is 4.96. The maximum atomic E-state index is 11.9. The van der Waals surface area contributed by atoms with E-state index in [0.29, 0.717) is 26.0 Å². The van der Waals surface area contributed by atoms with Gasteiger partial charge in [0.05, 0.1) is 19.8 Å². The van der Waals surface area contributed by atoms with Crippen LogP contribution in [0.15, 0.2) is 0 Å². The molecular weight excluding hydrogens is 496 g/mol. The minimum atomic E-state index is -1.19. The molecule has 0 radical (unpaired) electrons. The number of hydrogen-bond acceptors (Lipinski definition) is 12. The second-order valence-electron chi connectivity index (χ2n) is 8.23. The Labute approximate surface area is 215 Å². The number of aliphatic hydroxyl groups excluding tert-OH is 1. The van der Waals surface area contributed by atoms with Crippen LogP contribution in [0.3, 0.4) is 0 Å². The fraction of sp³-hybridized carbons (Fsp3) is 0.783. The molecule has 212 valence electrons. The molecule has 3 N–H and O–H groups in total. The SMILES string of the molecule is CC(=O)N[C@H]1[C@H](OCCCCC(=O)NCCOCCO)O[C@H](COC(C)=O)[C@H](OC(C)=O)[C@@H]1OC(C)=O. The van der Waals surface area contributed by atoms with Crippen molar-refractivity contribution in [2.45, 2.75) is 77.6 Å². The first-order chi connectivity index (χ1) is 17.5. The molecule has 5 atom stereocenters. The summed E-state index contributed by atoms with van der Waals surface area (Å²) in [5, 5.41) is 14.0. The Morgan fingerprint density at radius 3 is 2.14 bits per heavy atom. The van der Waals surface area contributed by atoms with E-state index in [1.165, 1.54) is 13.8 Å². The van der Waals surface area contributed by atoms with E-state index < -0.39 is 54.5 Å². The number of amides is 2. The smallest absolute Gasteiger partial charge is 0.303 e. The zero-order valence-corrected chi connectivity index (χ0v) is 21.7. The number of aliphatic hydroxyl groups is 1. The molecule has 0 bridgehead atoms. The van der Waals surface area contributed by atoms with Gasteiger partial charge in [-0.3, -0.25) is 24.0 Å². The minimum absolute atomic E-state index is 0.0853. The van der Waals surface area contributed by atoms with E-state index in [2.05, 4.69) is 10.6 Å². The summed E-state index contributed by atoms with van der Waals surface area (Å²) < 4.78 is 32.5. The van der Waals surface area contributed by atoms with Gasteiger partial charge in [-0.15, -0.1) is 0 Å². The van der Waals surface area contributed by atoms with Crippen LogP contribution in [0, 0.1) is 0 Å². The maximum absolute atomic E-state index is 11.9. The van der Waals surface area contributed by atoms with Crippen molar-refractivity contribution >= 4 is 29.7 Å². The summed E-state index contributed by atoms with van der Waals surface area (Å²) in [7, 11) is 0. The number of hydrogen-bond donors (Lipinski definition) is 3. The van der Waals surface area contributed by atoms with Gasteiger partial charge in [-0.05, 0) is 12.8 Å². The number of carbonyl (C=O) groups excluding carboxylic acids is 5. The second kappa shape index (κ2) is 17.6. The molecule has 14 heteroatoms. The average Bonchev–Trinajstić information content (AvgIpc) is 2.80. The number of carbonyl (C=O) groups is 5. The molecule has 0 aromatic rings. The molecule has 2 amide bonds. The molecule has 0 unspecified atom stereocenters. The van der Waals surface area contributed by atoms with Crippen molar-refractivity contribution in [3.8, 4) is 0 Å². The van der Waals surface area contributed by atoms with Gasteiger partial charge in [-0.2, -0.15) is 0 Å². The van der Waals surface area contributed by atoms with Gasteiger partial charge in [0.15, 0.2) is 18.5 Å². The molecule has 1 aliphatic heterocycles. The standard InChI is InChI=1S/C23H38N2O12/c1-14(27)25-20-22(36-17(4)30)21(35-16(3)29)18(13-34-15(2)28)37-23(20)33-10-6-5-7-19(31)24-8-11-32-12-9-26/h18,20-23,26H,5-13H2,1-4H3,(H,24,31)(H,25,27)/t18-,20-,21+,22-,23-/m1/s1. The Morgan fingerprint density at radius 2 is 1.54 bits per heavy atom. The van der Waals surface area contributed by atoms with E-state index >= 15 is 0 Å². The Balaban J connectivity index is 2.82. The van der Waals surface area contributed by atoms with Crippen LogP contribution in [0.5, 0.6) is 0 Å². The molecule has 0 aliphatic carbocycles. The molecule has 1 heterocycles. The number of unbranched alkanes of at least 4 members (excludes halogenated alkanes) is 1. The van der Waals surface area contributed by atoms with Crippen LogP contribution in [0.25, 0.3) is 0 Å². The molecule has 1 saturated heterocycles. The molecule has 0 spiro atoms. The summed E-state index contributed by atoms with van der Waals surface area (Å²) in [5.74, 6) is -2.64. The Kier molecular flexibility index (Phi) is 15.3. The van der Waals surface area contributed by atoms with Crippen LogP contribution in [0.4, 0.5) is 0 Å². The van der Waals surface area contributed by atoms with E-state index in [0.717, 1.165) is 13.8 Å². The van der Waals surface area contributed by atoms with Gasteiger partial charge < -0.3 is 44.2 Å². The highest BCUT2D eigenvalue weighted by Crippen LogP contribution is 2.28. The lowest BCUT2D eigenvalue weighted by molar-refractivity contribution is -0.277. The lowest BCUT2D eigenvalue weighted by Crippen LogP contribution is -2.66. The van der Waals surface area contributed by atoms with Gasteiger partial charge in [0.25, 0.3) is 0 Å². The first kappa shape index (κ1) is 32.2. The van der Waals surface area contributed by atoms with E-state index in [1.54, 1.807) is 0 Å². The molecule has 1 aliphatic rings. The van der Waals surface area contributed by atoms with Crippen molar-refractivity contribution in [3.63, 3.8) is 0 Å². The van der Waals surface area contributed by atoms with Crippen LogP contribution >= 0.6 is 0 Å². The fourth-order valence-electron chi connectivity index (χ4n) is 3.54. The first-order valence-corrected chi connectivity index (χ1v) is 12.0. The zero-order valence-electron chi connectivity index (χ0n) is 21.7. The highest BCUT2D eigenvalue weighted by Gasteiger charge is 2.51. The van der Waals surface area contributed by atoms with Crippen LogP contribution in [0.2, 0.25) is 0 Å². The average molecular weight is 535 g/mol. The highest BCUT2D eigenvalue weighted by molar-refractivity contribution is 5.75. The first-order valence-electron chi connectivity index (χ1n) is 12.0. The van der Waals surface area contributed by atoms with Crippen molar-refractivity contribution in [2.24, 2.45) is 0 Å². The Hall–Kier alpha value is -2.81. The molecule has 1 rings (SSSR count). The molecule has 0 saturated carbocycles. The number of esters is 3. The monoisotopic (exact) mass is 534 g/mol. The number of nitrogens with one attached hydrogen (secondary N) is 2. The van der Waals surface area contributed by atoms with Gasteiger partial charge in [0, 0.05) is 47.3 Å². The summed E-state index contributed by atoms with van der Waals surface area (Å²) in [4.78, 5) is 58.8. The summed E-state index contributed by atoms with van der Waals surface area (Å²) in [5.41, 5.74) is 0. The number of ether oxygens (including phenoxy) is 6. The largest absolute Gasteiger partial charge is 0.463 e. The Bertz CT molecular complexity index is 762. The lowest BCUT2D eigenvalue weighted by Gasteiger charge is -2.44. The van der Waals surface area contributed by atoms with Crippen molar-refractivity contribution in [2.75, 3.05) is 39.6 Å². The van der Waals surface area contributed by atoms with Crippen LogP contribution in [-0.4, -0.2) is 105 Å². The van der Waals surface area contributed by atoms with Gasteiger partial charge in [0.1, 0.15) is 18.8 Å². The van der Waals surface area contributed by atoms with Crippen molar-refractivity contribution in [1.29, 1.82) is 0 Å². The van der Waals surface area contributed by atoms with Crippen molar-refractivity contribution < 1.29 is 57.5 Å². The summed E-state index contributed by atoms with van der Waals surface area (Å²) >= 11 is 0. The van der Waals surface area contributed by atoms with E-state index in [9.17, 15) is 24.0 Å². The van der Waals surface area contributed by atoms with Gasteiger partial charge in [0.2, 0.25) is 11.8 Å². The van der Waals surface area contributed by atoms with E-state index in [1.807, 2.05) is 0 Å². The van der Waals surface area contributed by atoms with Crippen LogP contribution in [-0.2, 0) is 52.4 Å². The van der Waals surface area contributed by atoms with Crippen LogP contribution < -0.4 is 10.6 Å². The summed E-state index contributed by atoms with van der Waals surface area (Å²) in [6.45, 7) is 5.31. The predicted molar refractivity (Wildman–Crippen MR) is 125 cm³/mol. The normalized spacial score (nSPS) is 23.0. The third kappa shape index (κ3) is 13.3. The maximum Gasteiger partial charge on any atom is 0.303 e. The molecule has 0 aromatic carbocycles. The zero-order chi connectivity index (χ0) is 27.8. The number of rotatable bonds is 16. The predicted octanol–water partition coefficient (Wildman–Crippen LogP) is -1.05. The molecule has 37 heavy (non-hydrogen) atoms. The summed E-state index contributed by atoms with van der Waals surface area (Å²) in [6, 6.07) is -1.04. The molecule has 1 fully saturated rings. The quantitative estimate of drug-likeness (QED) is 0.124. The Morgan fingerprint density at radius 1 is 0.865 bits per heavy atom. The fourth-order valence-corrected chi connectivity index (χ4v) is 3.54. The van der Waals surface area contributed by atoms with Crippen LogP contribution in [0.1, 0.15) is 47.0 Å². The summed E-state index contributed by atoms with van der Waals surface area (Å²) in [6.07, 6.45) is -3.39. The van der Waals surface area contributed by atoms with E-state index in [-0.39, 0.29) is 38.8 Å². The van der Waals surface area contributed by atoms with Gasteiger partial charge in [-0.1, -0.05) is 0 Å². The molecular formula is C23H38N2O12.